The smallest absolute Gasteiger partial charge is 0.412 e. The lowest BCUT2D eigenvalue weighted by molar-refractivity contribution is 0.0635. The molecule has 0 bridgehead atoms. The van der Waals surface area contributed by atoms with Gasteiger partial charge in [0.25, 0.3) is 5.91 Å². The Hall–Kier alpha value is -2.91. The summed E-state index contributed by atoms with van der Waals surface area (Å²) >= 11 is 0. The van der Waals surface area contributed by atoms with Gasteiger partial charge in [0, 0.05) is 17.8 Å². The number of carbonyl (C=O) groups excluding carboxylic acids is 2. The van der Waals surface area contributed by atoms with E-state index < -0.39 is 21.7 Å². The number of anilines is 1. The lowest BCUT2D eigenvalue weighted by Crippen LogP contribution is -2.28. The van der Waals surface area contributed by atoms with Crippen LogP contribution in [0, 0.1) is 0 Å². The van der Waals surface area contributed by atoms with Gasteiger partial charge < -0.3 is 10.1 Å². The van der Waals surface area contributed by atoms with Gasteiger partial charge in [-0.3, -0.25) is 10.1 Å². The molecule has 29 heavy (non-hydrogen) atoms. The standard InChI is InChI=1S/C20H25N3O5S/c1-20(2,3)28-19(25)23-16-6-4-5-15(13-16)18(24)22-12-11-14-7-9-17(10-8-14)29(21,26)27/h4-10,13H,11-12H2,1-3H3,(H,22,24)(H,23,25)(H2,21,26,27). The van der Waals surface area contributed by atoms with Crippen LogP contribution in [0.15, 0.2) is 53.4 Å². The first-order valence-corrected chi connectivity index (χ1v) is 10.5. The van der Waals surface area contributed by atoms with E-state index in [1.54, 1.807) is 57.2 Å². The largest absolute Gasteiger partial charge is 0.444 e. The van der Waals surface area contributed by atoms with Crippen molar-refractivity contribution in [2.24, 2.45) is 5.14 Å². The zero-order chi connectivity index (χ0) is 21.7. The molecule has 4 N–H and O–H groups in total. The molecular formula is C20H25N3O5S. The average Bonchev–Trinajstić information content (AvgIpc) is 2.60. The molecule has 0 unspecified atom stereocenters. The van der Waals surface area contributed by atoms with Crippen LogP contribution in [-0.4, -0.2) is 32.6 Å². The second-order valence-electron chi connectivity index (χ2n) is 7.40. The predicted octanol–water partition coefficient (Wildman–Crippen LogP) is 2.65. The minimum absolute atomic E-state index is 0.0413. The number of nitrogens with two attached hydrogens (primary N) is 1. The molecule has 9 heteroatoms. The summed E-state index contributed by atoms with van der Waals surface area (Å²) in [5.41, 5.74) is 1.08. The Morgan fingerprint density at radius 3 is 2.31 bits per heavy atom. The first-order chi connectivity index (χ1) is 13.4. The fourth-order valence-corrected chi connectivity index (χ4v) is 2.94. The van der Waals surface area contributed by atoms with Crippen LogP contribution >= 0.6 is 0 Å². The van der Waals surface area contributed by atoms with Crippen molar-refractivity contribution in [2.75, 3.05) is 11.9 Å². The zero-order valence-electron chi connectivity index (χ0n) is 16.6. The number of primary sulfonamides is 1. The summed E-state index contributed by atoms with van der Waals surface area (Å²) < 4.78 is 27.7. The normalized spacial score (nSPS) is 11.6. The van der Waals surface area contributed by atoms with Crippen LogP contribution in [0.5, 0.6) is 0 Å². The van der Waals surface area contributed by atoms with Crippen LogP contribution in [0.3, 0.4) is 0 Å². The number of rotatable bonds is 6. The Morgan fingerprint density at radius 1 is 1.07 bits per heavy atom. The van der Waals surface area contributed by atoms with E-state index in [0.717, 1.165) is 5.56 Å². The molecule has 0 aliphatic carbocycles. The lowest BCUT2D eigenvalue weighted by atomic mass is 10.1. The number of carbonyl (C=O) groups is 2. The number of hydrogen-bond acceptors (Lipinski definition) is 5. The number of nitrogens with one attached hydrogen (secondary N) is 2. The molecule has 2 aromatic rings. The van der Waals surface area contributed by atoms with Gasteiger partial charge >= 0.3 is 6.09 Å². The number of hydrogen-bond donors (Lipinski definition) is 3. The monoisotopic (exact) mass is 419 g/mol. The molecule has 0 spiro atoms. The van der Waals surface area contributed by atoms with E-state index in [1.165, 1.54) is 12.1 Å². The molecule has 0 heterocycles. The predicted molar refractivity (Wildman–Crippen MR) is 110 cm³/mol. The molecule has 2 amide bonds. The van der Waals surface area contributed by atoms with E-state index in [0.29, 0.717) is 24.2 Å². The Kier molecular flexibility index (Phi) is 6.99. The SMILES string of the molecule is CC(C)(C)OC(=O)Nc1cccc(C(=O)NCCc2ccc(S(N)(=O)=O)cc2)c1. The van der Waals surface area contributed by atoms with Gasteiger partial charge in [0.15, 0.2) is 0 Å². The molecule has 0 fully saturated rings. The molecule has 0 radical (unpaired) electrons. The summed E-state index contributed by atoms with van der Waals surface area (Å²) in [7, 11) is -3.72. The topological polar surface area (TPSA) is 128 Å². The Morgan fingerprint density at radius 2 is 1.72 bits per heavy atom. The van der Waals surface area contributed by atoms with E-state index in [9.17, 15) is 18.0 Å². The van der Waals surface area contributed by atoms with Crippen molar-refractivity contribution < 1.29 is 22.7 Å². The summed E-state index contributed by atoms with van der Waals surface area (Å²) in [5.74, 6) is -0.293. The number of sulfonamides is 1. The van der Waals surface area contributed by atoms with Gasteiger partial charge in [0.1, 0.15) is 5.60 Å². The average molecular weight is 420 g/mol. The summed E-state index contributed by atoms with van der Waals surface area (Å²) in [6.45, 7) is 5.65. The highest BCUT2D eigenvalue weighted by Gasteiger charge is 2.16. The molecule has 2 rings (SSSR count). The van der Waals surface area contributed by atoms with Crippen molar-refractivity contribution in [1.82, 2.24) is 5.32 Å². The number of amides is 2. The summed E-state index contributed by atoms with van der Waals surface area (Å²) in [4.78, 5) is 24.2. The van der Waals surface area contributed by atoms with E-state index >= 15 is 0 Å². The van der Waals surface area contributed by atoms with Crippen molar-refractivity contribution >= 4 is 27.7 Å². The van der Waals surface area contributed by atoms with Crippen LogP contribution in [0.4, 0.5) is 10.5 Å². The van der Waals surface area contributed by atoms with Gasteiger partial charge in [0.05, 0.1) is 4.90 Å². The first kappa shape index (κ1) is 22.4. The maximum atomic E-state index is 12.3. The molecular weight excluding hydrogens is 394 g/mol. The maximum Gasteiger partial charge on any atom is 0.412 e. The van der Waals surface area contributed by atoms with Gasteiger partial charge in [-0.1, -0.05) is 18.2 Å². The van der Waals surface area contributed by atoms with E-state index in [4.69, 9.17) is 9.88 Å². The molecule has 156 valence electrons. The summed E-state index contributed by atoms with van der Waals surface area (Å²) in [5, 5.41) is 10.4. The highest BCUT2D eigenvalue weighted by molar-refractivity contribution is 7.89. The van der Waals surface area contributed by atoms with Crippen molar-refractivity contribution in [3.05, 3.63) is 59.7 Å². The third kappa shape index (κ3) is 7.55. The van der Waals surface area contributed by atoms with Crippen LogP contribution in [0.1, 0.15) is 36.7 Å². The highest BCUT2D eigenvalue weighted by atomic mass is 32.2. The third-order valence-electron chi connectivity index (χ3n) is 3.72. The molecule has 0 aliphatic heterocycles. The minimum Gasteiger partial charge on any atom is -0.444 e. The molecule has 0 saturated carbocycles. The van der Waals surface area contributed by atoms with Gasteiger partial charge in [-0.15, -0.1) is 0 Å². The van der Waals surface area contributed by atoms with Crippen LogP contribution < -0.4 is 15.8 Å². The molecule has 0 aliphatic rings. The maximum absolute atomic E-state index is 12.3. The number of ether oxygens (including phenoxy) is 1. The van der Waals surface area contributed by atoms with Crippen LogP contribution in [0.2, 0.25) is 0 Å². The van der Waals surface area contributed by atoms with E-state index in [-0.39, 0.29) is 10.8 Å². The Balaban J connectivity index is 1.90. The second-order valence-corrected chi connectivity index (χ2v) is 8.96. The molecule has 0 saturated heterocycles. The zero-order valence-corrected chi connectivity index (χ0v) is 17.4. The van der Waals surface area contributed by atoms with E-state index in [1.807, 2.05) is 0 Å². The third-order valence-corrected chi connectivity index (χ3v) is 4.65. The summed E-state index contributed by atoms with van der Waals surface area (Å²) in [6.07, 6.45) is -0.0787. The fourth-order valence-electron chi connectivity index (χ4n) is 2.43. The fraction of sp³-hybridized carbons (Fsp3) is 0.300. The number of benzene rings is 2. The highest BCUT2D eigenvalue weighted by Crippen LogP contribution is 2.14. The van der Waals surface area contributed by atoms with E-state index in [2.05, 4.69) is 10.6 Å². The van der Waals surface area contributed by atoms with Crippen LogP contribution in [-0.2, 0) is 21.2 Å². The Bertz CT molecular complexity index is 980. The second kappa shape index (κ2) is 9.06. The van der Waals surface area contributed by atoms with Gasteiger partial charge in [-0.25, -0.2) is 18.4 Å². The summed E-state index contributed by atoms with van der Waals surface area (Å²) in [6, 6.07) is 12.7. The van der Waals surface area contributed by atoms with Crippen molar-refractivity contribution in [3.63, 3.8) is 0 Å². The molecule has 2 aromatic carbocycles. The molecule has 0 aromatic heterocycles. The van der Waals surface area contributed by atoms with Gasteiger partial charge in [0.2, 0.25) is 10.0 Å². The quantitative estimate of drug-likeness (QED) is 0.663. The van der Waals surface area contributed by atoms with Crippen LogP contribution in [0.25, 0.3) is 0 Å². The minimum atomic E-state index is -3.72. The van der Waals surface area contributed by atoms with Gasteiger partial charge in [-0.2, -0.15) is 0 Å². The van der Waals surface area contributed by atoms with Gasteiger partial charge in [-0.05, 0) is 63.1 Å². The molecule has 0 atom stereocenters. The first-order valence-electron chi connectivity index (χ1n) is 8.94. The van der Waals surface area contributed by atoms with Crippen molar-refractivity contribution in [1.29, 1.82) is 0 Å². The lowest BCUT2D eigenvalue weighted by Gasteiger charge is -2.19. The Labute approximate surface area is 170 Å². The molecule has 8 nitrogen and oxygen atoms in total. The van der Waals surface area contributed by atoms with Crippen molar-refractivity contribution in [3.8, 4) is 0 Å². The van der Waals surface area contributed by atoms with Crippen molar-refractivity contribution in [2.45, 2.75) is 37.7 Å².